The zero-order valence-corrected chi connectivity index (χ0v) is 8.83. The van der Waals surface area contributed by atoms with Gasteiger partial charge in [0.25, 0.3) is 0 Å². The van der Waals surface area contributed by atoms with Gasteiger partial charge in [-0.15, -0.1) is 0 Å². The number of unbranched alkanes of at least 4 members (excludes halogenated alkanes) is 1. The quantitative estimate of drug-likeness (QED) is 0.404. The van der Waals surface area contributed by atoms with E-state index in [1.54, 1.807) is 0 Å². The minimum absolute atomic E-state index is 0.355. The van der Waals surface area contributed by atoms with Crippen LogP contribution in [0.5, 0.6) is 0 Å². The second kappa shape index (κ2) is 8.52. The molecule has 0 aromatic rings. The Labute approximate surface area is 89.0 Å². The van der Waals surface area contributed by atoms with Gasteiger partial charge in [0.15, 0.2) is 6.29 Å². The van der Waals surface area contributed by atoms with Crippen molar-refractivity contribution in [1.29, 1.82) is 0 Å². The summed E-state index contributed by atoms with van der Waals surface area (Å²) < 4.78 is 5.09. The Balaban J connectivity index is 4.12. The summed E-state index contributed by atoms with van der Waals surface area (Å²) in [6, 6.07) is 0. The molecule has 5 heteroatoms. The first-order chi connectivity index (χ1) is 7.21. The van der Waals surface area contributed by atoms with Crippen LogP contribution >= 0.6 is 0 Å². The maximum Gasteiger partial charge on any atom is 0.151 e. The van der Waals surface area contributed by atoms with Crippen LogP contribution in [0.3, 0.4) is 0 Å². The van der Waals surface area contributed by atoms with Crippen molar-refractivity contribution in [3.8, 4) is 0 Å². The normalized spacial score (nSPS) is 16.7. The van der Waals surface area contributed by atoms with E-state index >= 15 is 0 Å². The van der Waals surface area contributed by atoms with E-state index in [1.807, 2.05) is 6.92 Å². The van der Waals surface area contributed by atoms with Gasteiger partial charge in [0.2, 0.25) is 0 Å². The lowest BCUT2D eigenvalue weighted by Gasteiger charge is -2.21. The van der Waals surface area contributed by atoms with Crippen LogP contribution in [-0.2, 0) is 14.3 Å². The molecule has 88 valence electrons. The number of rotatable bonds is 9. The Hall–Kier alpha value is -0.780. The molecule has 0 saturated heterocycles. The molecule has 0 aliphatic heterocycles. The first-order valence-electron chi connectivity index (χ1n) is 5.02. The number of aldehydes is 2. The molecule has 0 amide bonds. The summed E-state index contributed by atoms with van der Waals surface area (Å²) in [5, 5.41) is 18.3. The van der Waals surface area contributed by atoms with Crippen LogP contribution in [0.1, 0.15) is 19.8 Å². The highest BCUT2D eigenvalue weighted by Crippen LogP contribution is 2.08. The van der Waals surface area contributed by atoms with Gasteiger partial charge in [-0.3, -0.25) is 0 Å². The van der Waals surface area contributed by atoms with Crippen LogP contribution in [0.2, 0.25) is 0 Å². The van der Waals surface area contributed by atoms with Gasteiger partial charge in [0.1, 0.15) is 12.4 Å². The van der Waals surface area contributed by atoms with Crippen molar-refractivity contribution >= 4 is 12.6 Å². The fourth-order valence-electron chi connectivity index (χ4n) is 1.06. The fraction of sp³-hybridized carbons (Fsp3) is 0.800. The van der Waals surface area contributed by atoms with Crippen molar-refractivity contribution in [3.05, 3.63) is 0 Å². The van der Waals surface area contributed by atoms with E-state index in [2.05, 4.69) is 0 Å². The minimum Gasteiger partial charge on any atom is -0.396 e. The Kier molecular flexibility index (Phi) is 8.08. The molecule has 0 rings (SSSR count). The molecular formula is C10H18O5. The monoisotopic (exact) mass is 218 g/mol. The molecule has 0 spiro atoms. The van der Waals surface area contributed by atoms with Crippen molar-refractivity contribution < 1.29 is 24.5 Å². The fourth-order valence-corrected chi connectivity index (χ4v) is 1.06. The highest BCUT2D eigenvalue weighted by molar-refractivity contribution is 5.61. The van der Waals surface area contributed by atoms with Crippen molar-refractivity contribution in [3.63, 3.8) is 0 Å². The molecule has 0 aliphatic carbocycles. The van der Waals surface area contributed by atoms with Crippen molar-refractivity contribution in [2.45, 2.75) is 32.0 Å². The molecule has 0 bridgehead atoms. The predicted molar refractivity (Wildman–Crippen MR) is 53.4 cm³/mol. The van der Waals surface area contributed by atoms with Crippen LogP contribution < -0.4 is 0 Å². The molecule has 5 nitrogen and oxygen atoms in total. The molecule has 0 radical (unpaired) electrons. The second-order valence-electron chi connectivity index (χ2n) is 3.30. The number of hydrogen-bond acceptors (Lipinski definition) is 5. The largest absolute Gasteiger partial charge is 0.396 e. The summed E-state index contributed by atoms with van der Waals surface area (Å²) in [6.45, 7) is 1.83. The van der Waals surface area contributed by atoms with E-state index in [1.165, 1.54) is 0 Å². The maximum atomic E-state index is 10.6. The number of aliphatic hydroxyl groups is 2. The summed E-state index contributed by atoms with van der Waals surface area (Å²) in [5.74, 6) is -0.971. The summed E-state index contributed by atoms with van der Waals surface area (Å²) in [4.78, 5) is 21.0. The summed E-state index contributed by atoms with van der Waals surface area (Å²) in [5.41, 5.74) is 0. The molecule has 3 atom stereocenters. The van der Waals surface area contributed by atoms with Gasteiger partial charge in [0, 0.05) is 6.61 Å². The molecule has 15 heavy (non-hydrogen) atoms. The molecule has 1 unspecified atom stereocenters. The van der Waals surface area contributed by atoms with Crippen LogP contribution in [0.4, 0.5) is 0 Å². The minimum atomic E-state index is -1.28. The lowest BCUT2D eigenvalue weighted by atomic mass is 10.0. The number of hydrogen-bond donors (Lipinski definition) is 2. The molecule has 0 fully saturated rings. The van der Waals surface area contributed by atoms with Crippen molar-refractivity contribution in [1.82, 2.24) is 0 Å². The van der Waals surface area contributed by atoms with Crippen molar-refractivity contribution in [2.24, 2.45) is 5.92 Å². The molecular weight excluding hydrogens is 200 g/mol. The zero-order chi connectivity index (χ0) is 11.7. The Morgan fingerprint density at radius 1 is 1.33 bits per heavy atom. The average Bonchev–Trinajstić information content (AvgIpc) is 2.26. The van der Waals surface area contributed by atoms with E-state index < -0.39 is 24.7 Å². The predicted octanol–water partition coefficient (Wildman–Crippen LogP) is -0.461. The Morgan fingerprint density at radius 2 is 2.00 bits per heavy atom. The van der Waals surface area contributed by atoms with Gasteiger partial charge in [-0.25, -0.2) is 0 Å². The molecule has 0 aliphatic rings. The summed E-state index contributed by atoms with van der Waals surface area (Å²) >= 11 is 0. The van der Waals surface area contributed by atoms with Crippen molar-refractivity contribution in [2.75, 3.05) is 13.2 Å². The molecule has 0 aromatic heterocycles. The molecule has 2 N–H and O–H groups in total. The van der Waals surface area contributed by atoms with Gasteiger partial charge in [-0.1, -0.05) is 13.3 Å². The van der Waals surface area contributed by atoms with Gasteiger partial charge in [0.05, 0.1) is 18.6 Å². The standard InChI is InChI=1S/C10H18O5/c1-2-3-4-15-9(7-13)10(14)8(5-11)6-12/h5,7-10,12,14H,2-4,6H2,1H3/t8?,9-,10+/m1/s1. The van der Waals surface area contributed by atoms with E-state index in [4.69, 9.17) is 9.84 Å². The van der Waals surface area contributed by atoms with Gasteiger partial charge >= 0.3 is 0 Å². The lowest BCUT2D eigenvalue weighted by molar-refractivity contribution is -0.134. The highest BCUT2D eigenvalue weighted by Gasteiger charge is 2.27. The SMILES string of the molecule is CCCCO[C@H](C=O)[C@@H](O)C(C=O)CO. The zero-order valence-electron chi connectivity index (χ0n) is 8.83. The van der Waals surface area contributed by atoms with E-state index in [0.717, 1.165) is 12.8 Å². The number of ether oxygens (including phenoxy) is 1. The van der Waals surface area contributed by atoms with Gasteiger partial charge in [-0.2, -0.15) is 0 Å². The first kappa shape index (κ1) is 14.2. The Morgan fingerprint density at radius 3 is 2.40 bits per heavy atom. The topological polar surface area (TPSA) is 83.8 Å². The van der Waals surface area contributed by atoms with E-state index in [-0.39, 0.29) is 0 Å². The number of carbonyl (C=O) groups excluding carboxylic acids is 2. The second-order valence-corrected chi connectivity index (χ2v) is 3.30. The summed E-state index contributed by atoms with van der Waals surface area (Å²) in [7, 11) is 0. The highest BCUT2D eigenvalue weighted by atomic mass is 16.5. The first-order valence-corrected chi connectivity index (χ1v) is 5.02. The lowest BCUT2D eigenvalue weighted by Crippen LogP contribution is -2.39. The maximum absolute atomic E-state index is 10.6. The third-order valence-electron chi connectivity index (χ3n) is 2.10. The van der Waals surface area contributed by atoms with Gasteiger partial charge < -0.3 is 24.5 Å². The van der Waals surface area contributed by atoms with Crippen LogP contribution in [0.15, 0.2) is 0 Å². The Bertz CT molecular complexity index is 183. The molecule has 0 heterocycles. The summed E-state index contributed by atoms with van der Waals surface area (Å²) in [6.07, 6.45) is 0.248. The molecule has 0 saturated carbocycles. The van der Waals surface area contributed by atoms with E-state index in [9.17, 15) is 14.7 Å². The van der Waals surface area contributed by atoms with E-state index in [0.29, 0.717) is 19.2 Å². The third kappa shape index (κ3) is 5.01. The number of aliphatic hydroxyl groups excluding tert-OH is 2. The van der Waals surface area contributed by atoms with Crippen LogP contribution in [0.25, 0.3) is 0 Å². The number of carbonyl (C=O) groups is 2. The van der Waals surface area contributed by atoms with Gasteiger partial charge in [-0.05, 0) is 6.42 Å². The average molecular weight is 218 g/mol. The van der Waals surface area contributed by atoms with Crippen LogP contribution in [-0.4, -0.2) is 48.2 Å². The van der Waals surface area contributed by atoms with Crippen LogP contribution in [0, 0.1) is 5.92 Å². The molecule has 0 aromatic carbocycles. The smallest absolute Gasteiger partial charge is 0.151 e. The third-order valence-corrected chi connectivity index (χ3v) is 2.10.